The summed E-state index contributed by atoms with van der Waals surface area (Å²) in [4.78, 5) is 12.2. The van der Waals surface area contributed by atoms with Gasteiger partial charge in [0.1, 0.15) is 0 Å². The minimum absolute atomic E-state index is 0.0781. The molecule has 0 aliphatic rings. The first-order chi connectivity index (χ1) is 7.72. The molecule has 0 N–H and O–H groups in total. The van der Waals surface area contributed by atoms with Gasteiger partial charge >= 0.3 is 0 Å². The first-order valence-corrected chi connectivity index (χ1v) is 5.69. The summed E-state index contributed by atoms with van der Waals surface area (Å²) in [6.07, 6.45) is 0. The first-order valence-electron chi connectivity index (χ1n) is 4.81. The van der Waals surface area contributed by atoms with Crippen LogP contribution < -0.4 is 0 Å². The zero-order chi connectivity index (χ0) is 11.5. The molecule has 1 heterocycles. The third kappa shape index (κ3) is 1.88. The summed E-state index contributed by atoms with van der Waals surface area (Å²) in [5.74, 6) is 0.0781. The average molecular weight is 227 g/mol. The van der Waals surface area contributed by atoms with Crippen molar-refractivity contribution in [3.05, 3.63) is 46.2 Å². The van der Waals surface area contributed by atoms with E-state index in [0.717, 1.165) is 16.0 Å². The van der Waals surface area contributed by atoms with Gasteiger partial charge in [0.15, 0.2) is 5.78 Å². The fourth-order valence-electron chi connectivity index (χ4n) is 1.53. The third-order valence-electron chi connectivity index (χ3n) is 2.31. The summed E-state index contributed by atoms with van der Waals surface area (Å²) >= 11 is 1.45. The Hall–Kier alpha value is -1.92. The molecule has 0 saturated heterocycles. The lowest BCUT2D eigenvalue weighted by molar-refractivity contribution is 0.102. The van der Waals surface area contributed by atoms with E-state index in [1.54, 1.807) is 19.1 Å². The van der Waals surface area contributed by atoms with Crippen LogP contribution in [0, 0.1) is 11.3 Å². The van der Waals surface area contributed by atoms with Gasteiger partial charge in [0, 0.05) is 5.56 Å². The highest BCUT2D eigenvalue weighted by atomic mass is 32.1. The van der Waals surface area contributed by atoms with E-state index in [1.165, 1.54) is 11.3 Å². The standard InChI is InChI=1S/C13H9NOS/c1-9(15)13-12(6-7-16-13)11-4-2-10(8-14)3-5-11/h2-7H,1H3. The molecule has 0 saturated carbocycles. The van der Waals surface area contributed by atoms with E-state index in [9.17, 15) is 4.79 Å². The summed E-state index contributed by atoms with van der Waals surface area (Å²) in [5, 5.41) is 10.6. The van der Waals surface area contributed by atoms with Crippen molar-refractivity contribution < 1.29 is 4.79 Å². The molecule has 0 radical (unpaired) electrons. The van der Waals surface area contributed by atoms with Crippen LogP contribution in [-0.4, -0.2) is 5.78 Å². The monoisotopic (exact) mass is 227 g/mol. The Morgan fingerprint density at radius 2 is 1.94 bits per heavy atom. The van der Waals surface area contributed by atoms with Crippen molar-refractivity contribution in [1.29, 1.82) is 5.26 Å². The minimum atomic E-state index is 0.0781. The van der Waals surface area contributed by atoms with Gasteiger partial charge in [-0.05, 0) is 36.1 Å². The third-order valence-corrected chi connectivity index (χ3v) is 3.33. The number of hydrogen-bond donors (Lipinski definition) is 0. The van der Waals surface area contributed by atoms with E-state index in [2.05, 4.69) is 6.07 Å². The largest absolute Gasteiger partial charge is 0.294 e. The molecule has 2 rings (SSSR count). The van der Waals surface area contributed by atoms with Crippen molar-refractivity contribution in [3.8, 4) is 17.2 Å². The molecule has 0 aliphatic carbocycles. The summed E-state index contributed by atoms with van der Waals surface area (Å²) < 4.78 is 0. The fourth-order valence-corrected chi connectivity index (χ4v) is 2.35. The number of rotatable bonds is 2. The predicted octanol–water partition coefficient (Wildman–Crippen LogP) is 3.49. The van der Waals surface area contributed by atoms with Crippen LogP contribution in [0.3, 0.4) is 0 Å². The van der Waals surface area contributed by atoms with Gasteiger partial charge in [-0.1, -0.05) is 12.1 Å². The lowest BCUT2D eigenvalue weighted by Gasteiger charge is -2.00. The summed E-state index contributed by atoms with van der Waals surface area (Å²) in [5.41, 5.74) is 2.55. The molecule has 0 unspecified atom stereocenters. The number of nitrogens with zero attached hydrogens (tertiary/aromatic N) is 1. The number of nitriles is 1. The Morgan fingerprint density at radius 3 is 2.50 bits per heavy atom. The zero-order valence-corrected chi connectivity index (χ0v) is 9.54. The van der Waals surface area contributed by atoms with Gasteiger partial charge in [0.25, 0.3) is 0 Å². The number of carbonyl (C=O) groups is 1. The maximum Gasteiger partial charge on any atom is 0.170 e. The van der Waals surface area contributed by atoms with Gasteiger partial charge in [-0.3, -0.25) is 4.79 Å². The number of benzene rings is 1. The molecule has 1 aromatic heterocycles. The molecule has 2 nitrogen and oxygen atoms in total. The molecule has 0 spiro atoms. The van der Waals surface area contributed by atoms with Crippen LogP contribution in [0.15, 0.2) is 35.7 Å². The molecule has 2 aromatic rings. The molecule has 16 heavy (non-hydrogen) atoms. The van der Waals surface area contributed by atoms with Gasteiger partial charge in [-0.2, -0.15) is 5.26 Å². The zero-order valence-electron chi connectivity index (χ0n) is 8.73. The quantitative estimate of drug-likeness (QED) is 0.737. The molecular formula is C13H9NOS. The fraction of sp³-hybridized carbons (Fsp3) is 0.0769. The number of ketones is 1. The molecular weight excluding hydrogens is 218 g/mol. The Balaban J connectivity index is 2.47. The minimum Gasteiger partial charge on any atom is -0.294 e. The summed E-state index contributed by atoms with van der Waals surface area (Å²) in [7, 11) is 0. The first kappa shape index (κ1) is 10.6. The van der Waals surface area contributed by atoms with Crippen molar-refractivity contribution >= 4 is 17.1 Å². The summed E-state index contributed by atoms with van der Waals surface area (Å²) in [6, 6.07) is 11.3. The van der Waals surface area contributed by atoms with E-state index in [1.807, 2.05) is 23.6 Å². The second kappa shape index (κ2) is 4.30. The second-order valence-electron chi connectivity index (χ2n) is 3.41. The van der Waals surface area contributed by atoms with Crippen molar-refractivity contribution in [2.24, 2.45) is 0 Å². The van der Waals surface area contributed by atoms with E-state index >= 15 is 0 Å². The van der Waals surface area contributed by atoms with E-state index in [0.29, 0.717) is 5.56 Å². The van der Waals surface area contributed by atoms with Gasteiger partial charge in [-0.25, -0.2) is 0 Å². The Labute approximate surface area is 97.8 Å². The Bertz CT molecular complexity index is 560. The van der Waals surface area contributed by atoms with Crippen molar-refractivity contribution in [3.63, 3.8) is 0 Å². The molecule has 0 fully saturated rings. The highest BCUT2D eigenvalue weighted by molar-refractivity contribution is 7.12. The molecule has 0 bridgehead atoms. The number of Topliss-reactive ketones (excluding diaryl/α,β-unsaturated/α-hetero) is 1. The van der Waals surface area contributed by atoms with Crippen molar-refractivity contribution in [2.45, 2.75) is 6.92 Å². The lowest BCUT2D eigenvalue weighted by atomic mass is 10.0. The average Bonchev–Trinajstić information content (AvgIpc) is 2.78. The SMILES string of the molecule is CC(=O)c1sccc1-c1ccc(C#N)cc1. The van der Waals surface area contributed by atoms with Crippen LogP contribution in [0.25, 0.3) is 11.1 Å². The topological polar surface area (TPSA) is 40.9 Å². The van der Waals surface area contributed by atoms with Gasteiger partial charge in [0.2, 0.25) is 0 Å². The highest BCUT2D eigenvalue weighted by Crippen LogP contribution is 2.28. The smallest absolute Gasteiger partial charge is 0.170 e. The number of thiophene rings is 1. The Kier molecular flexibility index (Phi) is 2.84. The normalized spacial score (nSPS) is 9.75. The number of carbonyl (C=O) groups excluding carboxylic acids is 1. The van der Waals surface area contributed by atoms with Crippen molar-refractivity contribution in [1.82, 2.24) is 0 Å². The van der Waals surface area contributed by atoms with Crippen LogP contribution in [0.5, 0.6) is 0 Å². The van der Waals surface area contributed by atoms with Crippen LogP contribution in [0.2, 0.25) is 0 Å². The van der Waals surface area contributed by atoms with Gasteiger partial charge < -0.3 is 0 Å². The van der Waals surface area contributed by atoms with Crippen LogP contribution >= 0.6 is 11.3 Å². The lowest BCUT2D eigenvalue weighted by Crippen LogP contribution is -1.90. The summed E-state index contributed by atoms with van der Waals surface area (Å²) in [6.45, 7) is 1.57. The molecule has 78 valence electrons. The molecule has 3 heteroatoms. The predicted molar refractivity (Wildman–Crippen MR) is 64.5 cm³/mol. The number of hydrogen-bond acceptors (Lipinski definition) is 3. The van der Waals surface area contributed by atoms with Gasteiger partial charge in [-0.15, -0.1) is 11.3 Å². The molecule has 0 amide bonds. The van der Waals surface area contributed by atoms with Crippen molar-refractivity contribution in [2.75, 3.05) is 0 Å². The van der Waals surface area contributed by atoms with Crippen LogP contribution in [0.1, 0.15) is 22.2 Å². The molecule has 0 atom stereocenters. The van der Waals surface area contributed by atoms with Crippen LogP contribution in [0.4, 0.5) is 0 Å². The highest BCUT2D eigenvalue weighted by Gasteiger charge is 2.10. The second-order valence-corrected chi connectivity index (χ2v) is 4.32. The molecule has 1 aromatic carbocycles. The van der Waals surface area contributed by atoms with E-state index in [-0.39, 0.29) is 5.78 Å². The van der Waals surface area contributed by atoms with E-state index < -0.39 is 0 Å². The maximum absolute atomic E-state index is 11.4. The van der Waals surface area contributed by atoms with E-state index in [4.69, 9.17) is 5.26 Å². The Morgan fingerprint density at radius 1 is 1.25 bits per heavy atom. The van der Waals surface area contributed by atoms with Crippen LogP contribution in [-0.2, 0) is 0 Å². The molecule has 0 aliphatic heterocycles. The van der Waals surface area contributed by atoms with Gasteiger partial charge in [0.05, 0.1) is 16.5 Å². The maximum atomic E-state index is 11.4.